The second kappa shape index (κ2) is 6.66. The summed E-state index contributed by atoms with van der Waals surface area (Å²) in [6.45, 7) is 0.115. The van der Waals surface area contributed by atoms with E-state index in [1.807, 2.05) is 0 Å². The van der Waals surface area contributed by atoms with Crippen molar-refractivity contribution in [1.29, 1.82) is 0 Å². The zero-order valence-corrected chi connectivity index (χ0v) is 11.2. The van der Waals surface area contributed by atoms with Crippen LogP contribution in [-0.2, 0) is 16.1 Å². The predicted molar refractivity (Wildman–Crippen MR) is 68.3 cm³/mol. The highest BCUT2D eigenvalue weighted by Gasteiger charge is 2.31. The Kier molecular flexibility index (Phi) is 4.89. The van der Waals surface area contributed by atoms with Crippen LogP contribution in [0.5, 0.6) is 0 Å². The van der Waals surface area contributed by atoms with Gasteiger partial charge in [-0.25, -0.2) is 8.78 Å². The molecule has 0 radical (unpaired) electrons. The van der Waals surface area contributed by atoms with Crippen LogP contribution in [0.2, 0.25) is 0 Å². The van der Waals surface area contributed by atoms with Gasteiger partial charge in [0.25, 0.3) is 12.3 Å². The number of aromatic nitrogens is 1. The average molecular weight is 302 g/mol. The minimum absolute atomic E-state index is 0.132. The molecule has 0 spiro atoms. The van der Waals surface area contributed by atoms with E-state index in [-0.39, 0.29) is 25.3 Å². The number of hydrogen-bond acceptors (Lipinski definition) is 3. The minimum Gasteiger partial charge on any atom is -0.481 e. The first-order valence-corrected chi connectivity index (χ1v) is 6.53. The normalized spacial score (nSPS) is 19.0. The van der Waals surface area contributed by atoms with Crippen molar-refractivity contribution in [3.63, 3.8) is 0 Å². The molecular formula is C13H16F2N2O4. The Labute approximate surface area is 119 Å². The maximum Gasteiger partial charge on any atom is 0.305 e. The predicted octanol–water partition coefficient (Wildman–Crippen LogP) is 1.07. The van der Waals surface area contributed by atoms with Crippen molar-refractivity contribution in [2.45, 2.75) is 25.4 Å². The smallest absolute Gasteiger partial charge is 0.305 e. The SMILES string of the molecule is O=C(O)CC1COCCN1C(=O)c1cccn1CC(F)F. The Bertz CT molecular complexity index is 518. The molecule has 1 saturated heterocycles. The molecule has 0 aromatic carbocycles. The van der Waals surface area contributed by atoms with Crippen LogP contribution in [0.15, 0.2) is 18.3 Å². The van der Waals surface area contributed by atoms with Gasteiger partial charge in [-0.15, -0.1) is 0 Å². The number of rotatable bonds is 5. The number of amides is 1. The van der Waals surface area contributed by atoms with Crippen LogP contribution in [0.3, 0.4) is 0 Å². The monoisotopic (exact) mass is 302 g/mol. The summed E-state index contributed by atoms with van der Waals surface area (Å²) in [4.78, 5) is 24.7. The van der Waals surface area contributed by atoms with Gasteiger partial charge < -0.3 is 19.3 Å². The molecule has 2 rings (SSSR count). The van der Waals surface area contributed by atoms with Gasteiger partial charge in [0.05, 0.1) is 32.2 Å². The van der Waals surface area contributed by atoms with E-state index < -0.39 is 30.9 Å². The van der Waals surface area contributed by atoms with Gasteiger partial charge in [0.15, 0.2) is 0 Å². The van der Waals surface area contributed by atoms with E-state index in [1.165, 1.54) is 27.8 Å². The Morgan fingerprint density at radius 2 is 2.24 bits per heavy atom. The van der Waals surface area contributed by atoms with Gasteiger partial charge in [0.2, 0.25) is 0 Å². The number of carboxylic acid groups (broad SMARTS) is 1. The van der Waals surface area contributed by atoms with Crippen molar-refractivity contribution in [2.75, 3.05) is 19.8 Å². The van der Waals surface area contributed by atoms with E-state index in [4.69, 9.17) is 9.84 Å². The van der Waals surface area contributed by atoms with Gasteiger partial charge in [-0.3, -0.25) is 9.59 Å². The molecule has 116 valence electrons. The Morgan fingerprint density at radius 3 is 2.90 bits per heavy atom. The molecule has 0 saturated carbocycles. The summed E-state index contributed by atoms with van der Waals surface area (Å²) >= 11 is 0. The van der Waals surface area contributed by atoms with Crippen molar-refractivity contribution in [1.82, 2.24) is 9.47 Å². The molecular weight excluding hydrogens is 286 g/mol. The molecule has 1 N–H and O–H groups in total. The first-order chi connectivity index (χ1) is 9.99. The molecule has 21 heavy (non-hydrogen) atoms. The molecule has 6 nitrogen and oxygen atoms in total. The molecule has 1 unspecified atom stereocenters. The highest BCUT2D eigenvalue weighted by molar-refractivity contribution is 5.93. The number of hydrogen-bond donors (Lipinski definition) is 1. The summed E-state index contributed by atoms with van der Waals surface area (Å²) < 4.78 is 31.4. The summed E-state index contributed by atoms with van der Waals surface area (Å²) in [6.07, 6.45) is -1.39. The highest BCUT2D eigenvalue weighted by Crippen LogP contribution is 2.16. The fourth-order valence-electron chi connectivity index (χ4n) is 2.36. The molecule has 1 aromatic heterocycles. The summed E-state index contributed by atoms with van der Waals surface area (Å²) in [5, 5.41) is 8.87. The third-order valence-electron chi connectivity index (χ3n) is 3.28. The average Bonchev–Trinajstić information content (AvgIpc) is 2.85. The first kappa shape index (κ1) is 15.4. The van der Waals surface area contributed by atoms with Gasteiger partial charge in [-0.1, -0.05) is 0 Å². The van der Waals surface area contributed by atoms with Crippen LogP contribution in [0.1, 0.15) is 16.9 Å². The van der Waals surface area contributed by atoms with Gasteiger partial charge >= 0.3 is 5.97 Å². The molecule has 2 heterocycles. The largest absolute Gasteiger partial charge is 0.481 e. The van der Waals surface area contributed by atoms with E-state index in [9.17, 15) is 18.4 Å². The lowest BCUT2D eigenvalue weighted by Crippen LogP contribution is -2.50. The number of aliphatic carboxylic acids is 1. The molecule has 1 fully saturated rings. The fourth-order valence-corrected chi connectivity index (χ4v) is 2.36. The second-order valence-corrected chi connectivity index (χ2v) is 4.76. The molecule has 8 heteroatoms. The molecule has 1 amide bonds. The molecule has 1 atom stereocenters. The molecule has 0 aliphatic carbocycles. The van der Waals surface area contributed by atoms with Gasteiger partial charge in [0, 0.05) is 12.7 Å². The third-order valence-corrected chi connectivity index (χ3v) is 3.28. The van der Waals surface area contributed by atoms with Crippen molar-refractivity contribution >= 4 is 11.9 Å². The standard InChI is InChI=1S/C13H16F2N2O4/c14-11(15)7-16-3-1-2-10(16)13(20)17-4-5-21-8-9(17)6-12(18)19/h1-3,9,11H,4-8H2,(H,18,19). The van der Waals surface area contributed by atoms with Crippen molar-refractivity contribution in [3.05, 3.63) is 24.0 Å². The summed E-state index contributed by atoms with van der Waals surface area (Å²) in [5.41, 5.74) is 0.132. The highest BCUT2D eigenvalue weighted by atomic mass is 19.3. The van der Waals surface area contributed by atoms with Crippen LogP contribution in [-0.4, -0.2) is 58.7 Å². The van der Waals surface area contributed by atoms with Crippen LogP contribution in [0.25, 0.3) is 0 Å². The number of alkyl halides is 2. The number of nitrogens with zero attached hydrogens (tertiary/aromatic N) is 2. The minimum atomic E-state index is -2.57. The molecule has 1 aliphatic rings. The molecule has 0 bridgehead atoms. The van der Waals surface area contributed by atoms with Crippen molar-refractivity contribution in [3.8, 4) is 0 Å². The quantitative estimate of drug-likeness (QED) is 0.883. The van der Waals surface area contributed by atoms with Crippen molar-refractivity contribution < 1.29 is 28.2 Å². The van der Waals surface area contributed by atoms with Crippen LogP contribution >= 0.6 is 0 Å². The molecule has 1 aromatic rings. The number of carboxylic acids is 1. The van der Waals surface area contributed by atoms with E-state index in [0.717, 1.165) is 0 Å². The lowest BCUT2D eigenvalue weighted by molar-refractivity contribution is -0.139. The van der Waals surface area contributed by atoms with Crippen LogP contribution in [0.4, 0.5) is 8.78 Å². The Balaban J connectivity index is 2.17. The summed E-state index contributed by atoms with van der Waals surface area (Å²) in [6, 6.07) is 2.39. The zero-order valence-electron chi connectivity index (χ0n) is 11.2. The van der Waals surface area contributed by atoms with E-state index >= 15 is 0 Å². The number of ether oxygens (including phenoxy) is 1. The lowest BCUT2D eigenvalue weighted by Gasteiger charge is -2.35. The Morgan fingerprint density at radius 1 is 1.48 bits per heavy atom. The number of halogens is 2. The maximum absolute atomic E-state index is 12.5. The molecule has 1 aliphatic heterocycles. The Hall–Kier alpha value is -1.96. The first-order valence-electron chi connectivity index (χ1n) is 6.53. The number of morpholine rings is 1. The number of carbonyl (C=O) groups is 2. The maximum atomic E-state index is 12.5. The number of carbonyl (C=O) groups excluding carboxylic acids is 1. The summed E-state index contributed by atoms with van der Waals surface area (Å²) in [7, 11) is 0. The van der Waals surface area contributed by atoms with Crippen molar-refractivity contribution in [2.24, 2.45) is 0 Å². The summed E-state index contributed by atoms with van der Waals surface area (Å²) in [5.74, 6) is -1.48. The van der Waals surface area contributed by atoms with E-state index in [0.29, 0.717) is 6.61 Å². The van der Waals surface area contributed by atoms with E-state index in [1.54, 1.807) is 0 Å². The van der Waals surface area contributed by atoms with Gasteiger partial charge in [-0.05, 0) is 12.1 Å². The van der Waals surface area contributed by atoms with Gasteiger partial charge in [-0.2, -0.15) is 0 Å². The van der Waals surface area contributed by atoms with Gasteiger partial charge in [0.1, 0.15) is 5.69 Å². The van der Waals surface area contributed by atoms with Crippen LogP contribution in [0, 0.1) is 0 Å². The lowest BCUT2D eigenvalue weighted by atomic mass is 10.1. The zero-order chi connectivity index (χ0) is 15.4. The second-order valence-electron chi connectivity index (χ2n) is 4.76. The van der Waals surface area contributed by atoms with E-state index in [2.05, 4.69) is 0 Å². The third kappa shape index (κ3) is 3.78. The fraction of sp³-hybridized carbons (Fsp3) is 0.538. The topological polar surface area (TPSA) is 71.8 Å². The van der Waals surface area contributed by atoms with Crippen LogP contribution < -0.4 is 0 Å².